The SMILES string of the molecule is CN1c2c(n(C)c(=O)[nH]c2=O)N(Cc2ccc(Cl)c(Cl)c2)C1NCC(F)(F)F. The molecule has 7 nitrogen and oxygen atoms in total. The maximum Gasteiger partial charge on any atom is 0.401 e. The summed E-state index contributed by atoms with van der Waals surface area (Å²) in [6, 6.07) is 4.81. The van der Waals surface area contributed by atoms with Crippen LogP contribution >= 0.6 is 23.2 Å². The van der Waals surface area contributed by atoms with Crippen LogP contribution in [-0.4, -0.2) is 35.6 Å². The Balaban J connectivity index is 2.07. The molecular weight excluding hydrogens is 422 g/mol. The third-order valence-corrected chi connectivity index (χ3v) is 5.12. The molecule has 1 aromatic carbocycles. The van der Waals surface area contributed by atoms with Gasteiger partial charge in [0.15, 0.2) is 6.29 Å². The minimum absolute atomic E-state index is 0.0838. The van der Waals surface area contributed by atoms with Crippen LogP contribution in [0.25, 0.3) is 0 Å². The molecule has 0 saturated heterocycles. The van der Waals surface area contributed by atoms with Crippen LogP contribution in [0.2, 0.25) is 10.0 Å². The second kappa shape index (κ2) is 7.34. The number of halogens is 5. The topological polar surface area (TPSA) is 73.4 Å². The van der Waals surface area contributed by atoms with Crippen LogP contribution in [0.5, 0.6) is 0 Å². The standard InChI is InChI=1S/C16H16Cl2F3N5O2/c1-24-11-12(27)23-15(28)25(2)13(11)26(14(24)22-7-16(19,20)21)6-8-3-4-9(17)10(18)5-8/h3-5,14,22H,6-7H2,1-2H3,(H,23,27,28). The highest BCUT2D eigenvalue weighted by atomic mass is 35.5. The monoisotopic (exact) mass is 437 g/mol. The molecule has 0 saturated carbocycles. The van der Waals surface area contributed by atoms with Crippen molar-refractivity contribution in [3.8, 4) is 0 Å². The minimum Gasteiger partial charge on any atom is -0.334 e. The number of nitrogens with zero attached hydrogens (tertiary/aromatic N) is 3. The highest BCUT2D eigenvalue weighted by molar-refractivity contribution is 6.42. The van der Waals surface area contributed by atoms with E-state index in [1.807, 2.05) is 0 Å². The molecule has 1 aliphatic heterocycles. The number of aromatic nitrogens is 2. The summed E-state index contributed by atoms with van der Waals surface area (Å²) in [5, 5.41) is 3.01. The van der Waals surface area contributed by atoms with Crippen molar-refractivity contribution in [1.82, 2.24) is 14.9 Å². The number of alkyl halides is 3. The molecule has 0 spiro atoms. The second-order valence-corrected chi connectivity index (χ2v) is 7.16. The number of H-pyrrole nitrogens is 1. The van der Waals surface area contributed by atoms with Gasteiger partial charge in [-0.25, -0.2) is 4.79 Å². The predicted octanol–water partition coefficient (Wildman–Crippen LogP) is 2.27. The zero-order valence-electron chi connectivity index (χ0n) is 14.8. The van der Waals surface area contributed by atoms with Crippen LogP contribution in [-0.2, 0) is 13.6 Å². The maximum absolute atomic E-state index is 12.8. The number of fused-ring (bicyclic) bond motifs is 1. The van der Waals surface area contributed by atoms with Crippen molar-refractivity contribution in [2.24, 2.45) is 7.05 Å². The van der Waals surface area contributed by atoms with Gasteiger partial charge in [-0.3, -0.25) is 19.7 Å². The lowest BCUT2D eigenvalue weighted by Gasteiger charge is -2.32. The Morgan fingerprint density at radius 2 is 1.86 bits per heavy atom. The zero-order chi connectivity index (χ0) is 20.8. The van der Waals surface area contributed by atoms with Crippen molar-refractivity contribution in [2.45, 2.75) is 19.0 Å². The molecule has 0 amide bonds. The summed E-state index contributed by atoms with van der Waals surface area (Å²) < 4.78 is 39.5. The number of hydrogen-bond acceptors (Lipinski definition) is 5. The number of hydrogen-bond donors (Lipinski definition) is 2. The van der Waals surface area contributed by atoms with Crippen molar-refractivity contribution in [2.75, 3.05) is 23.4 Å². The largest absolute Gasteiger partial charge is 0.401 e. The van der Waals surface area contributed by atoms with Gasteiger partial charge in [0.2, 0.25) is 0 Å². The van der Waals surface area contributed by atoms with Gasteiger partial charge in [0.1, 0.15) is 11.5 Å². The van der Waals surface area contributed by atoms with Crippen LogP contribution in [0.4, 0.5) is 24.7 Å². The van der Waals surface area contributed by atoms with Gasteiger partial charge in [-0.1, -0.05) is 29.3 Å². The molecule has 28 heavy (non-hydrogen) atoms. The van der Waals surface area contributed by atoms with Crippen molar-refractivity contribution in [3.63, 3.8) is 0 Å². The number of rotatable bonds is 4. The molecule has 1 atom stereocenters. The molecule has 1 aliphatic rings. The smallest absolute Gasteiger partial charge is 0.334 e. The average Bonchev–Trinajstić information content (AvgIpc) is 2.86. The second-order valence-electron chi connectivity index (χ2n) is 6.35. The quantitative estimate of drug-likeness (QED) is 0.767. The Labute approximate surface area is 167 Å². The summed E-state index contributed by atoms with van der Waals surface area (Å²) >= 11 is 11.9. The summed E-state index contributed by atoms with van der Waals surface area (Å²) in [6.07, 6.45) is -5.47. The summed E-state index contributed by atoms with van der Waals surface area (Å²) in [5.41, 5.74) is -0.632. The number of anilines is 2. The molecule has 3 rings (SSSR count). The van der Waals surface area contributed by atoms with Crippen molar-refractivity contribution in [1.29, 1.82) is 0 Å². The van der Waals surface area contributed by atoms with Crippen LogP contribution in [0, 0.1) is 0 Å². The molecule has 1 aromatic heterocycles. The zero-order valence-corrected chi connectivity index (χ0v) is 16.3. The summed E-state index contributed by atoms with van der Waals surface area (Å²) in [6.45, 7) is -1.19. The Hall–Kier alpha value is -2.17. The van der Waals surface area contributed by atoms with Crippen molar-refractivity contribution in [3.05, 3.63) is 54.6 Å². The fourth-order valence-electron chi connectivity index (χ4n) is 3.14. The Morgan fingerprint density at radius 1 is 1.18 bits per heavy atom. The first-order chi connectivity index (χ1) is 13.0. The molecule has 152 valence electrons. The van der Waals surface area contributed by atoms with Gasteiger partial charge in [-0.2, -0.15) is 13.2 Å². The third kappa shape index (κ3) is 3.85. The van der Waals surface area contributed by atoms with Gasteiger partial charge in [0.25, 0.3) is 5.56 Å². The first kappa shape index (κ1) is 20.6. The normalized spacial score (nSPS) is 16.6. The fourth-order valence-corrected chi connectivity index (χ4v) is 3.46. The van der Waals surface area contributed by atoms with E-state index in [4.69, 9.17) is 23.2 Å². The van der Waals surface area contributed by atoms with E-state index in [0.717, 1.165) is 0 Å². The average molecular weight is 438 g/mol. The molecule has 1 unspecified atom stereocenters. The van der Waals surface area contributed by atoms with Gasteiger partial charge in [-0.05, 0) is 17.7 Å². The van der Waals surface area contributed by atoms with E-state index in [-0.39, 0.29) is 23.1 Å². The van der Waals surface area contributed by atoms with E-state index in [0.29, 0.717) is 10.6 Å². The van der Waals surface area contributed by atoms with Crippen molar-refractivity contribution >= 4 is 34.7 Å². The summed E-state index contributed by atoms with van der Waals surface area (Å²) in [4.78, 5) is 29.4. The van der Waals surface area contributed by atoms with Crippen molar-refractivity contribution < 1.29 is 13.2 Å². The summed E-state index contributed by atoms with van der Waals surface area (Å²) in [7, 11) is 2.90. The molecule has 0 radical (unpaired) electrons. The van der Waals surface area contributed by atoms with Gasteiger partial charge >= 0.3 is 11.9 Å². The Kier molecular flexibility index (Phi) is 5.39. The lowest BCUT2D eigenvalue weighted by Crippen LogP contribution is -2.54. The molecule has 2 heterocycles. The van der Waals surface area contributed by atoms with Gasteiger partial charge < -0.3 is 9.80 Å². The fraction of sp³-hybridized carbons (Fsp3) is 0.375. The minimum atomic E-state index is -4.46. The molecule has 2 N–H and O–H groups in total. The Bertz CT molecular complexity index is 1020. The number of nitrogens with one attached hydrogen (secondary N) is 2. The van der Waals surface area contributed by atoms with Crippen LogP contribution in [0.3, 0.4) is 0 Å². The highest BCUT2D eigenvalue weighted by Gasteiger charge is 2.40. The maximum atomic E-state index is 12.8. The first-order valence-electron chi connectivity index (χ1n) is 8.06. The molecule has 0 fully saturated rings. The molecule has 0 bridgehead atoms. The van der Waals surface area contributed by atoms with E-state index in [1.54, 1.807) is 18.2 Å². The van der Waals surface area contributed by atoms with E-state index in [2.05, 4.69) is 10.3 Å². The van der Waals surface area contributed by atoms with Crippen LogP contribution < -0.4 is 26.4 Å². The predicted molar refractivity (Wildman–Crippen MR) is 101 cm³/mol. The first-order valence-corrected chi connectivity index (χ1v) is 8.82. The van der Waals surface area contributed by atoms with E-state index in [9.17, 15) is 22.8 Å². The molecule has 12 heteroatoms. The van der Waals surface area contributed by atoms with Gasteiger partial charge in [0.05, 0.1) is 16.6 Å². The molecular formula is C16H16Cl2F3N5O2. The lowest BCUT2D eigenvalue weighted by molar-refractivity contribution is -0.126. The highest BCUT2D eigenvalue weighted by Crippen LogP contribution is 2.35. The lowest BCUT2D eigenvalue weighted by atomic mass is 10.2. The summed E-state index contributed by atoms with van der Waals surface area (Å²) in [5.74, 6) is 0.196. The van der Waals surface area contributed by atoms with Crippen LogP contribution in [0.15, 0.2) is 27.8 Å². The third-order valence-electron chi connectivity index (χ3n) is 4.38. The van der Waals surface area contributed by atoms with Crippen LogP contribution in [0.1, 0.15) is 5.56 Å². The van der Waals surface area contributed by atoms with Gasteiger partial charge in [0, 0.05) is 20.6 Å². The van der Waals surface area contributed by atoms with Gasteiger partial charge in [-0.15, -0.1) is 0 Å². The van der Waals surface area contributed by atoms with E-state index < -0.39 is 30.3 Å². The number of aromatic amines is 1. The Morgan fingerprint density at radius 3 is 2.46 bits per heavy atom. The molecule has 2 aromatic rings. The van der Waals surface area contributed by atoms with E-state index in [1.165, 1.54) is 28.5 Å². The number of benzene rings is 1. The van der Waals surface area contributed by atoms with E-state index >= 15 is 0 Å². The molecule has 0 aliphatic carbocycles.